The van der Waals surface area contributed by atoms with Crippen molar-refractivity contribution in [2.75, 3.05) is 19.8 Å². The van der Waals surface area contributed by atoms with Gasteiger partial charge in [0, 0.05) is 6.61 Å². The summed E-state index contributed by atoms with van der Waals surface area (Å²) in [5, 5.41) is 0.322. The molecule has 0 radical (unpaired) electrons. The standard InChI is InChI=1S/C12H15Cl2NO3/c1-2-3-4-17-5-6-18-12(16)9-7-10(13)15-11(14)8-9/h7-8H,2-6H2,1H3. The van der Waals surface area contributed by atoms with E-state index in [1.54, 1.807) is 0 Å². The third kappa shape index (κ3) is 5.67. The summed E-state index contributed by atoms with van der Waals surface area (Å²) in [5.74, 6) is -0.486. The summed E-state index contributed by atoms with van der Waals surface area (Å²) in [6.45, 7) is 3.36. The Morgan fingerprint density at radius 3 is 2.50 bits per heavy atom. The monoisotopic (exact) mass is 291 g/mol. The van der Waals surface area contributed by atoms with Gasteiger partial charge in [0.1, 0.15) is 16.9 Å². The lowest BCUT2D eigenvalue weighted by molar-refractivity contribution is 0.0313. The Bertz CT molecular complexity index is 379. The van der Waals surface area contributed by atoms with Crippen molar-refractivity contribution in [1.82, 2.24) is 4.98 Å². The predicted octanol–water partition coefficient (Wildman–Crippen LogP) is 3.36. The van der Waals surface area contributed by atoms with Crippen LogP contribution in [0.4, 0.5) is 0 Å². The number of rotatable bonds is 7. The van der Waals surface area contributed by atoms with Gasteiger partial charge in [-0.1, -0.05) is 36.5 Å². The van der Waals surface area contributed by atoms with Gasteiger partial charge in [-0.15, -0.1) is 0 Å². The number of nitrogens with zero attached hydrogens (tertiary/aromatic N) is 1. The van der Waals surface area contributed by atoms with Gasteiger partial charge < -0.3 is 9.47 Å². The van der Waals surface area contributed by atoms with Crippen LogP contribution in [0.25, 0.3) is 0 Å². The summed E-state index contributed by atoms with van der Waals surface area (Å²) in [5.41, 5.74) is 0.286. The minimum Gasteiger partial charge on any atom is -0.460 e. The van der Waals surface area contributed by atoms with Gasteiger partial charge in [0.2, 0.25) is 0 Å². The molecule has 0 N–H and O–H groups in total. The van der Waals surface area contributed by atoms with Crippen molar-refractivity contribution < 1.29 is 14.3 Å². The van der Waals surface area contributed by atoms with Gasteiger partial charge in [-0.05, 0) is 18.6 Å². The van der Waals surface area contributed by atoms with Gasteiger partial charge in [0.25, 0.3) is 0 Å². The fourth-order valence-corrected chi connectivity index (χ4v) is 1.67. The molecule has 6 heteroatoms. The number of aromatic nitrogens is 1. The Labute approximate surface area is 116 Å². The fourth-order valence-electron chi connectivity index (χ4n) is 1.21. The molecule has 0 saturated carbocycles. The summed E-state index contributed by atoms with van der Waals surface area (Å²) in [6, 6.07) is 2.82. The van der Waals surface area contributed by atoms with Crippen molar-refractivity contribution in [2.24, 2.45) is 0 Å². The summed E-state index contributed by atoms with van der Waals surface area (Å²) >= 11 is 11.4. The fraction of sp³-hybridized carbons (Fsp3) is 0.500. The van der Waals surface area contributed by atoms with E-state index in [9.17, 15) is 4.79 Å². The number of hydrogen-bond donors (Lipinski definition) is 0. The molecule has 0 atom stereocenters. The van der Waals surface area contributed by atoms with Gasteiger partial charge >= 0.3 is 5.97 Å². The highest BCUT2D eigenvalue weighted by Gasteiger charge is 2.09. The lowest BCUT2D eigenvalue weighted by Gasteiger charge is -2.06. The largest absolute Gasteiger partial charge is 0.460 e. The van der Waals surface area contributed by atoms with Crippen molar-refractivity contribution >= 4 is 29.2 Å². The van der Waals surface area contributed by atoms with Crippen LogP contribution in [0.2, 0.25) is 10.3 Å². The first kappa shape index (κ1) is 15.2. The highest BCUT2D eigenvalue weighted by atomic mass is 35.5. The average Bonchev–Trinajstić information content (AvgIpc) is 2.32. The summed E-state index contributed by atoms with van der Waals surface area (Å²) < 4.78 is 10.3. The topological polar surface area (TPSA) is 48.4 Å². The summed E-state index contributed by atoms with van der Waals surface area (Å²) in [6.07, 6.45) is 2.08. The molecule has 0 spiro atoms. The maximum absolute atomic E-state index is 11.6. The third-order valence-electron chi connectivity index (χ3n) is 2.10. The molecule has 0 aliphatic carbocycles. The van der Waals surface area contributed by atoms with Gasteiger partial charge in [0.05, 0.1) is 12.2 Å². The number of carbonyl (C=O) groups is 1. The quantitative estimate of drug-likeness (QED) is 0.439. The molecular weight excluding hydrogens is 277 g/mol. The first-order valence-electron chi connectivity index (χ1n) is 5.71. The molecule has 0 bridgehead atoms. The van der Waals surface area contributed by atoms with Crippen molar-refractivity contribution in [1.29, 1.82) is 0 Å². The molecule has 1 aromatic rings. The van der Waals surface area contributed by atoms with Crippen LogP contribution in [0.5, 0.6) is 0 Å². The molecule has 18 heavy (non-hydrogen) atoms. The Balaban J connectivity index is 2.32. The molecular formula is C12H15Cl2NO3. The van der Waals surface area contributed by atoms with Gasteiger partial charge in [0.15, 0.2) is 0 Å². The number of halogens is 2. The Hall–Kier alpha value is -0.840. The molecule has 0 fully saturated rings. The van der Waals surface area contributed by atoms with E-state index in [0.29, 0.717) is 13.2 Å². The van der Waals surface area contributed by atoms with Gasteiger partial charge in [-0.3, -0.25) is 0 Å². The molecule has 1 aromatic heterocycles. The van der Waals surface area contributed by atoms with Crippen molar-refractivity contribution in [2.45, 2.75) is 19.8 Å². The highest BCUT2D eigenvalue weighted by molar-refractivity contribution is 6.32. The number of pyridine rings is 1. The molecule has 0 unspecified atom stereocenters. The van der Waals surface area contributed by atoms with Crippen LogP contribution in [-0.2, 0) is 9.47 Å². The Morgan fingerprint density at radius 1 is 1.22 bits per heavy atom. The first-order valence-corrected chi connectivity index (χ1v) is 6.47. The number of esters is 1. The van der Waals surface area contributed by atoms with E-state index in [0.717, 1.165) is 12.8 Å². The van der Waals surface area contributed by atoms with Crippen LogP contribution < -0.4 is 0 Å². The zero-order valence-electron chi connectivity index (χ0n) is 10.1. The van der Waals surface area contributed by atoms with E-state index in [4.69, 9.17) is 32.7 Å². The van der Waals surface area contributed by atoms with Crippen molar-refractivity contribution in [3.8, 4) is 0 Å². The lowest BCUT2D eigenvalue weighted by atomic mass is 10.3. The number of ether oxygens (including phenoxy) is 2. The molecule has 100 valence electrons. The predicted molar refractivity (Wildman–Crippen MR) is 70.3 cm³/mol. The average molecular weight is 292 g/mol. The lowest BCUT2D eigenvalue weighted by Crippen LogP contribution is -2.11. The van der Waals surface area contributed by atoms with Gasteiger partial charge in [-0.25, -0.2) is 9.78 Å². The molecule has 0 aliphatic heterocycles. The number of unbranched alkanes of at least 4 members (excludes halogenated alkanes) is 1. The minimum absolute atomic E-state index is 0.161. The molecule has 4 nitrogen and oxygen atoms in total. The SMILES string of the molecule is CCCCOCCOC(=O)c1cc(Cl)nc(Cl)c1. The van der Waals surface area contributed by atoms with Crippen molar-refractivity contribution in [3.05, 3.63) is 28.0 Å². The molecule has 0 amide bonds. The second-order valence-electron chi connectivity index (χ2n) is 3.60. The van der Waals surface area contributed by atoms with E-state index in [2.05, 4.69) is 11.9 Å². The minimum atomic E-state index is -0.486. The maximum atomic E-state index is 11.6. The zero-order chi connectivity index (χ0) is 13.4. The molecule has 0 aliphatic rings. The van der Waals surface area contributed by atoms with Crippen LogP contribution in [-0.4, -0.2) is 30.8 Å². The number of hydrogen-bond acceptors (Lipinski definition) is 4. The first-order chi connectivity index (χ1) is 8.63. The Morgan fingerprint density at radius 2 is 1.89 bits per heavy atom. The smallest absolute Gasteiger partial charge is 0.338 e. The van der Waals surface area contributed by atoms with Crippen LogP contribution >= 0.6 is 23.2 Å². The number of carbonyl (C=O) groups excluding carboxylic acids is 1. The van der Waals surface area contributed by atoms with Gasteiger partial charge in [-0.2, -0.15) is 0 Å². The summed E-state index contributed by atoms with van der Waals surface area (Å²) in [4.78, 5) is 15.4. The van der Waals surface area contributed by atoms with Crippen LogP contribution in [0.15, 0.2) is 12.1 Å². The van der Waals surface area contributed by atoms with Crippen LogP contribution in [0, 0.1) is 0 Å². The third-order valence-corrected chi connectivity index (χ3v) is 2.49. The highest BCUT2D eigenvalue weighted by Crippen LogP contribution is 2.15. The maximum Gasteiger partial charge on any atom is 0.338 e. The van der Waals surface area contributed by atoms with E-state index in [1.807, 2.05) is 0 Å². The van der Waals surface area contributed by atoms with Crippen molar-refractivity contribution in [3.63, 3.8) is 0 Å². The van der Waals surface area contributed by atoms with Crippen LogP contribution in [0.1, 0.15) is 30.1 Å². The normalized spacial score (nSPS) is 10.4. The molecule has 1 rings (SSSR count). The second-order valence-corrected chi connectivity index (χ2v) is 4.38. The Kier molecular flexibility index (Phi) is 7.01. The second kappa shape index (κ2) is 8.29. The molecule has 0 saturated heterocycles. The van der Waals surface area contributed by atoms with E-state index in [1.165, 1.54) is 12.1 Å². The van der Waals surface area contributed by atoms with E-state index in [-0.39, 0.29) is 22.5 Å². The zero-order valence-corrected chi connectivity index (χ0v) is 11.6. The molecule has 1 heterocycles. The van der Waals surface area contributed by atoms with E-state index < -0.39 is 5.97 Å². The van der Waals surface area contributed by atoms with E-state index >= 15 is 0 Å². The molecule has 0 aromatic carbocycles. The summed E-state index contributed by atoms with van der Waals surface area (Å²) in [7, 11) is 0. The van der Waals surface area contributed by atoms with Crippen LogP contribution in [0.3, 0.4) is 0 Å².